The van der Waals surface area contributed by atoms with Crippen LogP contribution in [0.1, 0.15) is 20.7 Å². The quantitative estimate of drug-likeness (QED) is 0.359. The van der Waals surface area contributed by atoms with Crippen molar-refractivity contribution >= 4 is 39.1 Å². The van der Waals surface area contributed by atoms with Crippen LogP contribution >= 0.6 is 11.6 Å². The summed E-state index contributed by atoms with van der Waals surface area (Å²) >= 11 is 6.10. The zero-order valence-electron chi connectivity index (χ0n) is 17.3. The first-order valence-corrected chi connectivity index (χ1v) is 11.2. The van der Waals surface area contributed by atoms with Crippen LogP contribution < -0.4 is 9.04 Å². The number of carbonyl (C=O) groups excluding carboxylic acids is 2. The van der Waals surface area contributed by atoms with E-state index in [1.807, 2.05) is 0 Å². The van der Waals surface area contributed by atoms with Crippen LogP contribution in [0.2, 0.25) is 5.02 Å². The van der Waals surface area contributed by atoms with Gasteiger partial charge in [0.2, 0.25) is 5.78 Å². The van der Waals surface area contributed by atoms with E-state index in [4.69, 9.17) is 21.1 Å². The molecule has 3 aromatic carbocycles. The van der Waals surface area contributed by atoms with Crippen molar-refractivity contribution in [1.29, 1.82) is 0 Å². The number of sulfonamides is 1. The minimum absolute atomic E-state index is 0.000977. The molecule has 0 heterocycles. The van der Waals surface area contributed by atoms with E-state index >= 15 is 0 Å². The van der Waals surface area contributed by atoms with Crippen LogP contribution in [-0.2, 0) is 14.8 Å². The van der Waals surface area contributed by atoms with Crippen LogP contribution in [0.5, 0.6) is 5.75 Å². The van der Waals surface area contributed by atoms with Crippen molar-refractivity contribution in [2.24, 2.45) is 0 Å². The summed E-state index contributed by atoms with van der Waals surface area (Å²) < 4.78 is 37.3. The average molecular weight is 474 g/mol. The van der Waals surface area contributed by atoms with Crippen molar-refractivity contribution in [3.05, 3.63) is 88.9 Å². The molecule has 32 heavy (non-hydrogen) atoms. The number of hydrogen-bond donors (Lipinski definition) is 0. The summed E-state index contributed by atoms with van der Waals surface area (Å²) in [5, 5.41) is 0.000977. The summed E-state index contributed by atoms with van der Waals surface area (Å²) in [5.74, 6) is -1.04. The van der Waals surface area contributed by atoms with Gasteiger partial charge in [-0.1, -0.05) is 41.9 Å². The topological polar surface area (TPSA) is 90.0 Å². The van der Waals surface area contributed by atoms with Gasteiger partial charge in [-0.05, 0) is 42.5 Å². The molecule has 0 unspecified atom stereocenters. The molecule has 3 rings (SSSR count). The molecule has 0 saturated carbocycles. The highest BCUT2D eigenvalue weighted by Crippen LogP contribution is 2.26. The number of hydrogen-bond acceptors (Lipinski definition) is 6. The standard InChI is InChI=1S/C23H20ClNO6S/c1-25(16-8-4-3-5-9-16)32(28,29)17-12-13-20(24)19(14-17)23(27)31-15-21(26)18-10-6-7-11-22(18)30-2/h3-14H,15H2,1-2H3. The minimum atomic E-state index is -3.96. The molecule has 0 spiro atoms. The number of carbonyl (C=O) groups is 2. The lowest BCUT2D eigenvalue weighted by molar-refractivity contribution is 0.0474. The molecule has 0 aliphatic heterocycles. The van der Waals surface area contributed by atoms with Crippen molar-refractivity contribution < 1.29 is 27.5 Å². The van der Waals surface area contributed by atoms with Gasteiger partial charge in [-0.3, -0.25) is 9.10 Å². The van der Waals surface area contributed by atoms with Crippen LogP contribution in [0.25, 0.3) is 0 Å². The van der Waals surface area contributed by atoms with Crippen molar-refractivity contribution in [2.45, 2.75) is 4.90 Å². The maximum absolute atomic E-state index is 13.0. The summed E-state index contributed by atoms with van der Waals surface area (Å²) in [7, 11) is -1.13. The Labute approximate surface area is 191 Å². The van der Waals surface area contributed by atoms with Crippen molar-refractivity contribution in [1.82, 2.24) is 0 Å². The lowest BCUT2D eigenvalue weighted by Gasteiger charge is -2.20. The molecule has 0 saturated heterocycles. The van der Waals surface area contributed by atoms with Gasteiger partial charge >= 0.3 is 5.97 Å². The minimum Gasteiger partial charge on any atom is -0.496 e. The highest BCUT2D eigenvalue weighted by molar-refractivity contribution is 7.92. The molecule has 3 aromatic rings. The first kappa shape index (κ1) is 23.3. The Morgan fingerprint density at radius 3 is 2.28 bits per heavy atom. The Morgan fingerprint density at radius 2 is 1.59 bits per heavy atom. The fraction of sp³-hybridized carbons (Fsp3) is 0.130. The second-order valence-corrected chi connectivity index (χ2v) is 9.03. The zero-order chi connectivity index (χ0) is 23.3. The molecule has 7 nitrogen and oxygen atoms in total. The summed E-state index contributed by atoms with van der Waals surface area (Å²) in [4.78, 5) is 24.9. The largest absolute Gasteiger partial charge is 0.496 e. The monoisotopic (exact) mass is 473 g/mol. The Kier molecular flexibility index (Phi) is 7.17. The van der Waals surface area contributed by atoms with E-state index in [0.29, 0.717) is 11.4 Å². The molecule has 0 N–H and O–H groups in total. The average Bonchev–Trinajstić information content (AvgIpc) is 2.82. The maximum Gasteiger partial charge on any atom is 0.340 e. The highest BCUT2D eigenvalue weighted by atomic mass is 35.5. The third kappa shape index (κ3) is 4.92. The SMILES string of the molecule is COc1ccccc1C(=O)COC(=O)c1cc(S(=O)(=O)N(C)c2ccccc2)ccc1Cl. The molecule has 9 heteroatoms. The highest BCUT2D eigenvalue weighted by Gasteiger charge is 2.24. The number of Topliss-reactive ketones (excluding diaryl/α,β-unsaturated/α-hetero) is 1. The molecule has 0 amide bonds. The van der Waals surface area contributed by atoms with E-state index in [9.17, 15) is 18.0 Å². The predicted molar refractivity (Wildman–Crippen MR) is 121 cm³/mol. The predicted octanol–water partition coefficient (Wildman–Crippen LogP) is 4.21. The number of nitrogens with zero attached hydrogens (tertiary/aromatic N) is 1. The fourth-order valence-electron chi connectivity index (χ4n) is 2.92. The lowest BCUT2D eigenvalue weighted by Crippen LogP contribution is -2.26. The Morgan fingerprint density at radius 1 is 0.938 bits per heavy atom. The van der Waals surface area contributed by atoms with Gasteiger partial charge in [-0.25, -0.2) is 13.2 Å². The van der Waals surface area contributed by atoms with Crippen molar-refractivity contribution in [3.63, 3.8) is 0 Å². The third-order valence-electron chi connectivity index (χ3n) is 4.68. The molecular weight excluding hydrogens is 454 g/mol. The van der Waals surface area contributed by atoms with Gasteiger partial charge in [0, 0.05) is 7.05 Å². The van der Waals surface area contributed by atoms with Crippen LogP contribution in [0, 0.1) is 0 Å². The number of methoxy groups -OCH3 is 1. The van der Waals surface area contributed by atoms with Gasteiger partial charge in [0.1, 0.15) is 5.75 Å². The Bertz CT molecular complexity index is 1240. The third-order valence-corrected chi connectivity index (χ3v) is 6.79. The fourth-order valence-corrected chi connectivity index (χ4v) is 4.33. The van der Waals surface area contributed by atoms with Crippen LogP contribution in [0.15, 0.2) is 77.7 Å². The molecule has 0 aliphatic carbocycles. The second-order valence-electron chi connectivity index (χ2n) is 6.65. The molecule has 0 bridgehead atoms. The first-order valence-electron chi connectivity index (χ1n) is 9.42. The summed E-state index contributed by atoms with van der Waals surface area (Å²) in [5.41, 5.74) is 0.547. The maximum atomic E-state index is 13.0. The normalized spacial score (nSPS) is 11.0. The number of rotatable bonds is 8. The molecule has 0 atom stereocenters. The molecular formula is C23H20ClNO6S. The van der Waals surface area contributed by atoms with Gasteiger partial charge in [0.25, 0.3) is 10.0 Å². The number of ketones is 1. The molecule has 0 aliphatic rings. The van der Waals surface area contributed by atoms with E-state index in [-0.39, 0.29) is 21.0 Å². The number of ether oxygens (including phenoxy) is 2. The summed E-state index contributed by atoms with van der Waals surface area (Å²) in [6.45, 7) is -0.559. The van der Waals surface area contributed by atoms with E-state index in [2.05, 4.69) is 0 Å². The van der Waals surface area contributed by atoms with E-state index in [0.717, 1.165) is 10.4 Å². The van der Waals surface area contributed by atoms with Gasteiger partial charge in [-0.15, -0.1) is 0 Å². The molecule has 0 radical (unpaired) electrons. The van der Waals surface area contributed by atoms with Gasteiger partial charge < -0.3 is 9.47 Å². The van der Waals surface area contributed by atoms with E-state index in [1.165, 1.54) is 26.3 Å². The van der Waals surface area contributed by atoms with Gasteiger partial charge in [0.15, 0.2) is 6.61 Å². The number of halogens is 1. The summed E-state index contributed by atoms with van der Waals surface area (Å²) in [6, 6.07) is 18.7. The lowest BCUT2D eigenvalue weighted by atomic mass is 10.1. The van der Waals surface area contributed by atoms with Gasteiger partial charge in [0.05, 0.1) is 33.8 Å². The molecule has 0 aromatic heterocycles. The first-order chi connectivity index (χ1) is 15.3. The van der Waals surface area contributed by atoms with Crippen molar-refractivity contribution in [2.75, 3.05) is 25.1 Å². The Hall–Kier alpha value is -3.36. The molecule has 0 fully saturated rings. The van der Waals surface area contributed by atoms with E-state index < -0.39 is 28.4 Å². The van der Waals surface area contributed by atoms with Crippen LogP contribution in [0.4, 0.5) is 5.69 Å². The summed E-state index contributed by atoms with van der Waals surface area (Å²) in [6.07, 6.45) is 0. The van der Waals surface area contributed by atoms with Gasteiger partial charge in [-0.2, -0.15) is 0 Å². The second kappa shape index (κ2) is 9.84. The Balaban J connectivity index is 1.81. The molecule has 166 valence electrons. The smallest absolute Gasteiger partial charge is 0.340 e. The number of anilines is 1. The number of para-hydroxylation sites is 2. The van der Waals surface area contributed by atoms with Crippen LogP contribution in [-0.4, -0.2) is 40.9 Å². The van der Waals surface area contributed by atoms with Crippen molar-refractivity contribution in [3.8, 4) is 5.75 Å². The number of benzene rings is 3. The zero-order valence-corrected chi connectivity index (χ0v) is 18.9. The van der Waals surface area contributed by atoms with E-state index in [1.54, 1.807) is 54.6 Å². The number of esters is 1. The van der Waals surface area contributed by atoms with Crippen LogP contribution in [0.3, 0.4) is 0 Å².